The minimum Gasteiger partial charge on any atom is -0.341 e. The number of halogens is 3. The topological polar surface area (TPSA) is 66.5 Å². The van der Waals surface area contributed by atoms with Gasteiger partial charge in [-0.25, -0.2) is 0 Å². The minimum absolute atomic E-state index is 0.0508. The van der Waals surface area contributed by atoms with E-state index in [1.807, 2.05) is 0 Å². The number of aldehydes is 1. The van der Waals surface area contributed by atoms with E-state index in [4.69, 9.17) is 0 Å². The lowest BCUT2D eigenvalue weighted by atomic mass is 10.0. The number of nitrogens with zero attached hydrogens (tertiary/aromatic N) is 1. The molecule has 1 aliphatic heterocycles. The molecule has 8 heteroatoms. The molecule has 2 amide bonds. The molecule has 1 unspecified atom stereocenters. The van der Waals surface area contributed by atoms with E-state index in [1.54, 1.807) is 4.90 Å². The summed E-state index contributed by atoms with van der Waals surface area (Å²) in [6, 6.07) is 3.06. The number of benzene rings is 1. The van der Waals surface area contributed by atoms with Gasteiger partial charge < -0.3 is 15.0 Å². The summed E-state index contributed by atoms with van der Waals surface area (Å²) in [7, 11) is 0. The SMILES string of the molecule is O=CCCCC(NC(=O)c1ccc(C(F)(F)F)cc1)C(=O)N1CCCCC1. The Morgan fingerprint density at radius 2 is 1.74 bits per heavy atom. The second-order valence-corrected chi connectivity index (χ2v) is 6.58. The molecular formula is C19H23F3N2O3. The van der Waals surface area contributed by atoms with Gasteiger partial charge in [-0.3, -0.25) is 9.59 Å². The maximum absolute atomic E-state index is 12.7. The molecule has 0 bridgehead atoms. The van der Waals surface area contributed by atoms with E-state index in [-0.39, 0.29) is 17.9 Å². The lowest BCUT2D eigenvalue weighted by molar-refractivity contribution is -0.137. The molecule has 1 aliphatic rings. The van der Waals surface area contributed by atoms with Crippen molar-refractivity contribution in [1.29, 1.82) is 0 Å². The number of amides is 2. The van der Waals surface area contributed by atoms with Crippen molar-refractivity contribution in [1.82, 2.24) is 10.2 Å². The number of alkyl halides is 3. The first-order chi connectivity index (χ1) is 12.8. The molecular weight excluding hydrogens is 361 g/mol. The molecule has 1 heterocycles. The summed E-state index contributed by atoms with van der Waals surface area (Å²) >= 11 is 0. The fourth-order valence-corrected chi connectivity index (χ4v) is 3.05. The largest absolute Gasteiger partial charge is 0.416 e. The van der Waals surface area contributed by atoms with Gasteiger partial charge in [0.05, 0.1) is 5.56 Å². The molecule has 1 saturated heterocycles. The van der Waals surface area contributed by atoms with Gasteiger partial charge in [0.2, 0.25) is 5.91 Å². The van der Waals surface area contributed by atoms with Crippen molar-refractivity contribution < 1.29 is 27.6 Å². The van der Waals surface area contributed by atoms with E-state index in [1.165, 1.54) is 0 Å². The first-order valence-corrected chi connectivity index (χ1v) is 9.03. The van der Waals surface area contributed by atoms with Gasteiger partial charge in [0.15, 0.2) is 0 Å². The van der Waals surface area contributed by atoms with Crippen molar-refractivity contribution >= 4 is 18.1 Å². The average Bonchev–Trinajstić information content (AvgIpc) is 2.67. The molecule has 0 radical (unpaired) electrons. The fraction of sp³-hybridized carbons (Fsp3) is 0.526. The van der Waals surface area contributed by atoms with Crippen molar-refractivity contribution in [2.75, 3.05) is 13.1 Å². The highest BCUT2D eigenvalue weighted by atomic mass is 19.4. The first kappa shape index (κ1) is 20.9. The van der Waals surface area contributed by atoms with Gasteiger partial charge in [-0.2, -0.15) is 13.2 Å². The van der Waals surface area contributed by atoms with Crippen LogP contribution < -0.4 is 5.32 Å². The highest BCUT2D eigenvalue weighted by molar-refractivity contribution is 5.97. The van der Waals surface area contributed by atoms with E-state index in [2.05, 4.69) is 5.32 Å². The molecule has 1 aromatic carbocycles. The van der Waals surface area contributed by atoms with Crippen LogP contribution in [0.1, 0.15) is 54.4 Å². The molecule has 0 aliphatic carbocycles. The van der Waals surface area contributed by atoms with Crippen LogP contribution >= 0.6 is 0 Å². The number of hydrogen-bond donors (Lipinski definition) is 1. The van der Waals surface area contributed by atoms with Crippen LogP contribution in [0.3, 0.4) is 0 Å². The predicted molar refractivity (Wildman–Crippen MR) is 93.0 cm³/mol. The molecule has 0 saturated carbocycles. The van der Waals surface area contributed by atoms with E-state index < -0.39 is 23.7 Å². The van der Waals surface area contributed by atoms with E-state index in [9.17, 15) is 27.6 Å². The summed E-state index contributed by atoms with van der Waals surface area (Å²) in [4.78, 5) is 37.4. The van der Waals surface area contributed by atoms with Crippen LogP contribution in [0.15, 0.2) is 24.3 Å². The van der Waals surface area contributed by atoms with Gasteiger partial charge in [-0.05, 0) is 56.4 Å². The molecule has 1 atom stereocenters. The van der Waals surface area contributed by atoms with Gasteiger partial charge in [0.1, 0.15) is 12.3 Å². The van der Waals surface area contributed by atoms with Crippen LogP contribution in [-0.4, -0.2) is 42.1 Å². The van der Waals surface area contributed by atoms with Crippen LogP contribution in [0.4, 0.5) is 13.2 Å². The summed E-state index contributed by atoms with van der Waals surface area (Å²) in [6.45, 7) is 1.25. The van der Waals surface area contributed by atoms with Crippen molar-refractivity contribution in [2.45, 2.75) is 50.7 Å². The number of carbonyl (C=O) groups is 3. The Morgan fingerprint density at radius 3 is 2.30 bits per heavy atom. The molecule has 0 aromatic heterocycles. The third-order valence-electron chi connectivity index (χ3n) is 4.56. The molecule has 2 rings (SSSR count). The Kier molecular flexibility index (Phi) is 7.38. The molecule has 27 heavy (non-hydrogen) atoms. The summed E-state index contributed by atoms with van der Waals surface area (Å²) in [5, 5.41) is 2.62. The number of hydrogen-bond acceptors (Lipinski definition) is 3. The molecule has 5 nitrogen and oxygen atoms in total. The highest BCUT2D eigenvalue weighted by Gasteiger charge is 2.31. The zero-order valence-electron chi connectivity index (χ0n) is 14.9. The van der Waals surface area contributed by atoms with Gasteiger partial charge in [-0.1, -0.05) is 0 Å². The van der Waals surface area contributed by atoms with Crippen molar-refractivity contribution in [3.05, 3.63) is 35.4 Å². The third kappa shape index (κ3) is 6.08. The second-order valence-electron chi connectivity index (χ2n) is 6.58. The normalized spacial score (nSPS) is 15.9. The Labute approximate surface area is 155 Å². The molecule has 0 spiro atoms. The Hall–Kier alpha value is -2.38. The Balaban J connectivity index is 2.07. The Bertz CT molecular complexity index is 653. The second kappa shape index (κ2) is 9.53. The van der Waals surface area contributed by atoms with Gasteiger partial charge in [0, 0.05) is 25.1 Å². The number of rotatable bonds is 7. The van der Waals surface area contributed by atoms with Gasteiger partial charge in [0.25, 0.3) is 5.91 Å². The Morgan fingerprint density at radius 1 is 1.11 bits per heavy atom. The molecule has 148 valence electrons. The van der Waals surface area contributed by atoms with Gasteiger partial charge >= 0.3 is 6.18 Å². The lowest BCUT2D eigenvalue weighted by Gasteiger charge is -2.30. The number of carbonyl (C=O) groups excluding carboxylic acids is 3. The molecule has 1 aromatic rings. The van der Waals surface area contributed by atoms with Crippen molar-refractivity contribution in [3.8, 4) is 0 Å². The number of likely N-dealkylation sites (tertiary alicyclic amines) is 1. The maximum atomic E-state index is 12.7. The fourth-order valence-electron chi connectivity index (χ4n) is 3.05. The summed E-state index contributed by atoms with van der Waals surface area (Å²) in [6.07, 6.45) is 0.162. The lowest BCUT2D eigenvalue weighted by Crippen LogP contribution is -2.50. The first-order valence-electron chi connectivity index (χ1n) is 9.03. The van der Waals surface area contributed by atoms with Crippen molar-refractivity contribution in [2.24, 2.45) is 0 Å². The van der Waals surface area contributed by atoms with Crippen LogP contribution in [0, 0.1) is 0 Å². The van der Waals surface area contributed by atoms with Crippen molar-refractivity contribution in [3.63, 3.8) is 0 Å². The average molecular weight is 384 g/mol. The van der Waals surface area contributed by atoms with Crippen LogP contribution in [0.2, 0.25) is 0 Å². The van der Waals surface area contributed by atoms with Gasteiger partial charge in [-0.15, -0.1) is 0 Å². The van der Waals surface area contributed by atoms with E-state index in [0.717, 1.165) is 49.8 Å². The minimum atomic E-state index is -4.48. The van der Waals surface area contributed by atoms with Crippen LogP contribution in [0.25, 0.3) is 0 Å². The summed E-state index contributed by atoms with van der Waals surface area (Å²) in [5.41, 5.74) is -0.791. The van der Waals surface area contributed by atoms with E-state index in [0.29, 0.717) is 25.9 Å². The molecule has 1 N–H and O–H groups in total. The molecule has 1 fully saturated rings. The van der Waals surface area contributed by atoms with Crippen LogP contribution in [-0.2, 0) is 15.8 Å². The van der Waals surface area contributed by atoms with Crippen LogP contribution in [0.5, 0.6) is 0 Å². The maximum Gasteiger partial charge on any atom is 0.416 e. The zero-order chi connectivity index (χ0) is 19.9. The number of piperidine rings is 1. The van der Waals surface area contributed by atoms with E-state index >= 15 is 0 Å². The third-order valence-corrected chi connectivity index (χ3v) is 4.56. The quantitative estimate of drug-likeness (QED) is 0.580. The monoisotopic (exact) mass is 384 g/mol. The number of nitrogens with one attached hydrogen (secondary N) is 1. The summed E-state index contributed by atoms with van der Waals surface area (Å²) < 4.78 is 37.9. The number of unbranched alkanes of at least 4 members (excludes halogenated alkanes) is 1. The summed E-state index contributed by atoms with van der Waals surface area (Å²) in [5.74, 6) is -0.814. The zero-order valence-corrected chi connectivity index (χ0v) is 14.9. The highest BCUT2D eigenvalue weighted by Crippen LogP contribution is 2.29. The standard InChI is InChI=1S/C19H23F3N2O3/c20-19(21,22)15-9-7-14(8-10-15)17(26)23-16(6-2-5-13-25)18(27)24-11-3-1-4-12-24/h7-10,13,16H,1-6,11-12H2,(H,23,26). The predicted octanol–water partition coefficient (Wildman–Crippen LogP) is 3.19. The smallest absolute Gasteiger partial charge is 0.341 e.